The number of pyridine rings is 1. The van der Waals surface area contributed by atoms with Crippen molar-refractivity contribution in [1.82, 2.24) is 19.5 Å². The summed E-state index contributed by atoms with van der Waals surface area (Å²) in [6.45, 7) is 0.121. The van der Waals surface area contributed by atoms with Crippen molar-refractivity contribution in [1.29, 1.82) is 0 Å². The Labute approximate surface area is 242 Å². The summed E-state index contributed by atoms with van der Waals surface area (Å²) >= 11 is 0. The number of amides is 3. The number of primary amides is 1. The molecule has 1 aliphatic carbocycles. The molecule has 0 spiro atoms. The summed E-state index contributed by atoms with van der Waals surface area (Å²) < 4.78 is 39.8. The molecule has 0 saturated carbocycles. The van der Waals surface area contributed by atoms with Crippen LogP contribution in [0.5, 0.6) is 5.88 Å². The third-order valence-corrected chi connectivity index (χ3v) is 7.45. The summed E-state index contributed by atoms with van der Waals surface area (Å²) in [5.41, 5.74) is 9.42. The molecule has 0 fully saturated rings. The minimum absolute atomic E-state index is 0. The number of hydrogen-bond donors (Lipinski definition) is 3. The van der Waals surface area contributed by atoms with Crippen molar-refractivity contribution < 1.29 is 27.5 Å². The number of carbonyl (C=O) groups excluding carboxylic acids is 2. The Morgan fingerprint density at radius 2 is 1.95 bits per heavy atom. The number of hydrogen-bond acceptors (Lipinski definition) is 8. The number of nitrogens with zero attached hydrogens (tertiary/aromatic N) is 3. The Kier molecular flexibility index (Phi) is 9.54. The average molecular weight is 553 g/mol. The van der Waals surface area contributed by atoms with Gasteiger partial charge in [-0.2, -0.15) is 13.5 Å². The van der Waals surface area contributed by atoms with E-state index in [1.165, 1.54) is 21.3 Å². The molecule has 0 bridgehead atoms. The molecule has 2 heterocycles. The number of aromatic nitrogens is 3. The molecule has 0 radical (unpaired) electrons. The van der Waals surface area contributed by atoms with Crippen molar-refractivity contribution in [3.05, 3.63) is 52.8 Å². The standard InChI is InChI=1S/C24H28N6O6S.Na.H/c1-30-21(22(25)31)18(10-12-35-2)23(28-30)37(33,34)29-24(32)27-20-16-6-4-5-14(16)7-8-17(20)15-9-11-26-19(13-15)36-3;;/h7-9,11,13H,4-6,10,12H2,1-3H3,(H2,25,31)(H2,27,29,32);;. The molecular formula is C24H29N6NaO6S. The van der Waals surface area contributed by atoms with Crippen molar-refractivity contribution in [3.8, 4) is 17.0 Å². The van der Waals surface area contributed by atoms with E-state index in [4.69, 9.17) is 15.2 Å². The third-order valence-electron chi connectivity index (χ3n) is 6.16. The number of benzene rings is 1. The van der Waals surface area contributed by atoms with Crippen molar-refractivity contribution in [2.45, 2.75) is 30.7 Å². The molecule has 1 aliphatic rings. The topological polar surface area (TPSA) is 168 Å². The van der Waals surface area contributed by atoms with Gasteiger partial charge < -0.3 is 20.5 Å². The van der Waals surface area contributed by atoms with Crippen LogP contribution in [0.2, 0.25) is 0 Å². The number of aryl methyl sites for hydroxylation is 2. The Bertz CT molecular complexity index is 1470. The summed E-state index contributed by atoms with van der Waals surface area (Å²) in [5.74, 6) is -0.441. The zero-order chi connectivity index (χ0) is 26.7. The number of rotatable bonds is 9. The van der Waals surface area contributed by atoms with Crippen LogP contribution >= 0.6 is 0 Å². The van der Waals surface area contributed by atoms with Gasteiger partial charge in [0.1, 0.15) is 5.69 Å². The van der Waals surface area contributed by atoms with Crippen molar-refractivity contribution in [2.24, 2.45) is 12.8 Å². The molecule has 2 aromatic heterocycles. The van der Waals surface area contributed by atoms with E-state index < -0.39 is 27.0 Å². The van der Waals surface area contributed by atoms with Gasteiger partial charge in [-0.1, -0.05) is 12.1 Å². The molecule has 4 N–H and O–H groups in total. The first kappa shape index (κ1) is 29.6. The van der Waals surface area contributed by atoms with Crippen LogP contribution in [0.1, 0.15) is 33.6 Å². The van der Waals surface area contributed by atoms with E-state index in [2.05, 4.69) is 15.4 Å². The molecule has 198 valence electrons. The van der Waals surface area contributed by atoms with E-state index in [9.17, 15) is 18.0 Å². The third kappa shape index (κ3) is 6.02. The summed E-state index contributed by atoms with van der Waals surface area (Å²) in [6.07, 6.45) is 4.16. The number of urea groups is 1. The first-order valence-corrected chi connectivity index (χ1v) is 13.0. The van der Waals surface area contributed by atoms with E-state index in [1.54, 1.807) is 18.3 Å². The number of nitrogens with two attached hydrogens (primary N) is 1. The van der Waals surface area contributed by atoms with Crippen LogP contribution in [0.4, 0.5) is 10.5 Å². The molecule has 12 nitrogen and oxygen atoms in total. The SMILES string of the molecule is COCCc1c(S(=O)(=O)NC(=O)Nc2c(-c3ccnc(OC)c3)ccc3c2CCC3)nn(C)c1C(N)=O.[NaH]. The maximum atomic E-state index is 13.2. The Balaban J connectivity index is 0.00000400. The van der Waals surface area contributed by atoms with Gasteiger partial charge in [0.2, 0.25) is 10.9 Å². The van der Waals surface area contributed by atoms with Gasteiger partial charge in [-0.25, -0.2) is 14.5 Å². The first-order valence-electron chi connectivity index (χ1n) is 11.5. The van der Waals surface area contributed by atoms with Crippen molar-refractivity contribution in [2.75, 3.05) is 26.1 Å². The molecule has 38 heavy (non-hydrogen) atoms. The fourth-order valence-corrected chi connectivity index (χ4v) is 5.69. The summed E-state index contributed by atoms with van der Waals surface area (Å²) in [6, 6.07) is 6.43. The monoisotopic (exact) mass is 552 g/mol. The quantitative estimate of drug-likeness (QED) is 0.332. The molecule has 0 aliphatic heterocycles. The zero-order valence-corrected chi connectivity index (χ0v) is 21.5. The zero-order valence-electron chi connectivity index (χ0n) is 20.7. The molecule has 1 aromatic carbocycles. The molecular weight excluding hydrogens is 523 g/mol. The van der Waals surface area contributed by atoms with E-state index >= 15 is 0 Å². The molecule has 0 atom stereocenters. The number of ether oxygens (including phenoxy) is 2. The van der Waals surface area contributed by atoms with Gasteiger partial charge in [-0.05, 0) is 42.0 Å². The van der Waals surface area contributed by atoms with Crippen molar-refractivity contribution >= 4 is 57.2 Å². The van der Waals surface area contributed by atoms with Crippen LogP contribution in [0.15, 0.2) is 35.5 Å². The van der Waals surface area contributed by atoms with Gasteiger partial charge >= 0.3 is 35.6 Å². The van der Waals surface area contributed by atoms with Crippen LogP contribution in [0.3, 0.4) is 0 Å². The number of sulfonamides is 1. The van der Waals surface area contributed by atoms with Gasteiger partial charge in [0.05, 0.1) is 19.4 Å². The number of nitrogens with one attached hydrogen (secondary N) is 2. The minimum atomic E-state index is -4.47. The number of carbonyl (C=O) groups is 2. The first-order chi connectivity index (χ1) is 17.7. The van der Waals surface area contributed by atoms with Gasteiger partial charge in [0.15, 0.2) is 0 Å². The predicted molar refractivity (Wildman–Crippen MR) is 142 cm³/mol. The number of fused-ring (bicyclic) bond motifs is 1. The molecule has 14 heteroatoms. The fraction of sp³-hybridized carbons (Fsp3) is 0.333. The number of anilines is 1. The van der Waals surface area contributed by atoms with E-state index in [0.717, 1.165) is 40.6 Å². The summed E-state index contributed by atoms with van der Waals surface area (Å²) in [4.78, 5) is 29.1. The fourth-order valence-electron chi connectivity index (χ4n) is 4.54. The van der Waals surface area contributed by atoms with Crippen LogP contribution < -0.4 is 20.5 Å². The summed E-state index contributed by atoms with van der Waals surface area (Å²) in [7, 11) is -0.117. The van der Waals surface area contributed by atoms with Crippen LogP contribution in [0.25, 0.3) is 11.1 Å². The van der Waals surface area contributed by atoms with E-state index in [0.29, 0.717) is 17.1 Å². The second kappa shape index (κ2) is 12.3. The summed E-state index contributed by atoms with van der Waals surface area (Å²) in [5, 5.41) is 6.24. The second-order valence-electron chi connectivity index (χ2n) is 8.49. The van der Waals surface area contributed by atoms with Gasteiger partial charge in [0.25, 0.3) is 15.9 Å². The average Bonchev–Trinajstić information content (AvgIpc) is 3.47. The van der Waals surface area contributed by atoms with Gasteiger partial charge in [-0.15, -0.1) is 0 Å². The van der Waals surface area contributed by atoms with Crippen LogP contribution in [-0.4, -0.2) is 85.5 Å². The predicted octanol–water partition coefficient (Wildman–Crippen LogP) is 1.13. The Morgan fingerprint density at radius 3 is 2.63 bits per heavy atom. The number of methoxy groups -OCH3 is 2. The van der Waals surface area contributed by atoms with Crippen LogP contribution in [0, 0.1) is 0 Å². The Morgan fingerprint density at radius 1 is 1.18 bits per heavy atom. The normalized spacial score (nSPS) is 12.4. The van der Waals surface area contributed by atoms with E-state index in [-0.39, 0.29) is 53.8 Å². The Hall–Kier alpha value is -2.97. The molecule has 0 unspecified atom stereocenters. The van der Waals surface area contributed by atoms with E-state index in [1.807, 2.05) is 16.9 Å². The second-order valence-corrected chi connectivity index (χ2v) is 10.1. The molecule has 3 amide bonds. The molecule has 0 saturated heterocycles. The van der Waals surface area contributed by atoms with Crippen molar-refractivity contribution in [3.63, 3.8) is 0 Å². The van der Waals surface area contributed by atoms with Gasteiger partial charge in [0, 0.05) is 44.0 Å². The molecule has 4 rings (SSSR count). The molecule has 3 aromatic rings. The van der Waals surface area contributed by atoms with Gasteiger partial charge in [-0.3, -0.25) is 9.48 Å². The van der Waals surface area contributed by atoms with Crippen LogP contribution in [-0.2, 0) is 41.1 Å². The maximum absolute atomic E-state index is 13.2.